The van der Waals surface area contributed by atoms with Crippen LogP contribution in [0.5, 0.6) is 0 Å². The molecule has 6 heteroatoms. The van der Waals surface area contributed by atoms with Crippen LogP contribution in [0.15, 0.2) is 48.5 Å². The van der Waals surface area contributed by atoms with Crippen molar-refractivity contribution in [2.45, 2.75) is 13.8 Å². The number of aryl methyl sites for hydroxylation is 2. The zero-order valence-corrected chi connectivity index (χ0v) is 15.0. The predicted octanol–water partition coefficient (Wildman–Crippen LogP) is 4.72. The molecule has 0 spiro atoms. The highest BCUT2D eigenvalue weighted by molar-refractivity contribution is 7.73. The van der Waals surface area contributed by atoms with Gasteiger partial charge in [0.1, 0.15) is 10.7 Å². The molecule has 2 aromatic carbocycles. The van der Waals surface area contributed by atoms with E-state index >= 15 is 0 Å². The second-order valence-corrected chi connectivity index (χ2v) is 7.12. The molecule has 4 nitrogen and oxygen atoms in total. The van der Waals surface area contributed by atoms with Gasteiger partial charge in [-0.15, -0.1) is 0 Å². The van der Waals surface area contributed by atoms with Gasteiger partial charge in [-0.2, -0.15) is 0 Å². The van der Waals surface area contributed by atoms with Crippen LogP contribution >= 0.6 is 23.6 Å². The zero-order valence-electron chi connectivity index (χ0n) is 13.4. The van der Waals surface area contributed by atoms with Crippen molar-refractivity contribution >= 4 is 41.0 Å². The monoisotopic (exact) mass is 355 g/mol. The van der Waals surface area contributed by atoms with E-state index in [0.29, 0.717) is 14.6 Å². The molecule has 0 aliphatic carbocycles. The van der Waals surface area contributed by atoms with Crippen LogP contribution < -0.4 is 11.1 Å². The molecule has 1 aromatic heterocycles. The molecule has 0 saturated heterocycles. The van der Waals surface area contributed by atoms with Crippen LogP contribution in [0, 0.1) is 17.8 Å². The molecule has 122 valence electrons. The molecule has 0 radical (unpaired) electrons. The molecule has 3 N–H and O–H groups in total. The minimum absolute atomic E-state index is 0.245. The Morgan fingerprint density at radius 3 is 2.38 bits per heavy atom. The lowest BCUT2D eigenvalue weighted by molar-refractivity contribution is 0.103. The number of nitrogens with one attached hydrogen (secondary N) is 1. The standard InChI is InChI=1S/C18H17N3OS2/c1-11-7-3-5-9-13(11)20-17(22)15-16(19)21(18(23)24-15)14-10-6-4-8-12(14)2/h3-10H,19H2,1-2H3,(H,20,22). The molecular weight excluding hydrogens is 338 g/mol. The first-order valence-corrected chi connectivity index (χ1v) is 8.66. The highest BCUT2D eigenvalue weighted by Gasteiger charge is 2.19. The van der Waals surface area contributed by atoms with Gasteiger partial charge in [0.05, 0.1) is 5.69 Å². The molecule has 1 heterocycles. The molecule has 0 unspecified atom stereocenters. The van der Waals surface area contributed by atoms with Gasteiger partial charge in [-0.25, -0.2) is 0 Å². The smallest absolute Gasteiger partial charge is 0.269 e. The molecule has 24 heavy (non-hydrogen) atoms. The Hall–Kier alpha value is -2.44. The highest BCUT2D eigenvalue weighted by atomic mass is 32.1. The Balaban J connectivity index is 2.01. The van der Waals surface area contributed by atoms with Gasteiger partial charge in [0, 0.05) is 5.69 Å². The van der Waals surface area contributed by atoms with Gasteiger partial charge in [0.2, 0.25) is 0 Å². The summed E-state index contributed by atoms with van der Waals surface area (Å²) in [7, 11) is 0. The number of benzene rings is 2. The average Bonchev–Trinajstić information content (AvgIpc) is 2.85. The number of nitrogens with two attached hydrogens (primary N) is 1. The van der Waals surface area contributed by atoms with Crippen LogP contribution in [0.3, 0.4) is 0 Å². The van der Waals surface area contributed by atoms with Crippen molar-refractivity contribution in [2.24, 2.45) is 0 Å². The molecule has 0 aliphatic rings. The minimum atomic E-state index is -0.245. The van der Waals surface area contributed by atoms with E-state index in [9.17, 15) is 4.79 Å². The van der Waals surface area contributed by atoms with Crippen molar-refractivity contribution in [2.75, 3.05) is 11.1 Å². The number of hydrogen-bond donors (Lipinski definition) is 2. The molecule has 0 atom stereocenters. The van der Waals surface area contributed by atoms with E-state index in [1.165, 1.54) is 11.3 Å². The third kappa shape index (κ3) is 2.98. The van der Waals surface area contributed by atoms with Crippen LogP contribution in [0.2, 0.25) is 0 Å². The first kappa shape index (κ1) is 16.4. The van der Waals surface area contributed by atoms with E-state index in [0.717, 1.165) is 22.5 Å². The molecular formula is C18H17N3OS2. The fraction of sp³-hybridized carbons (Fsp3) is 0.111. The maximum atomic E-state index is 12.6. The van der Waals surface area contributed by atoms with Gasteiger partial charge in [0.15, 0.2) is 3.95 Å². The number of nitrogens with zero attached hydrogens (tertiary/aromatic N) is 1. The van der Waals surface area contributed by atoms with Gasteiger partial charge < -0.3 is 11.1 Å². The van der Waals surface area contributed by atoms with E-state index in [1.54, 1.807) is 4.57 Å². The lowest BCUT2D eigenvalue weighted by Gasteiger charge is -2.10. The summed E-state index contributed by atoms with van der Waals surface area (Å²) in [4.78, 5) is 13.1. The van der Waals surface area contributed by atoms with Crippen LogP contribution in [-0.2, 0) is 0 Å². The number of aromatic nitrogens is 1. The number of amides is 1. The van der Waals surface area contributed by atoms with E-state index in [1.807, 2.05) is 62.4 Å². The van der Waals surface area contributed by atoms with Crippen LogP contribution in [0.25, 0.3) is 5.69 Å². The van der Waals surface area contributed by atoms with Crippen LogP contribution in [-0.4, -0.2) is 10.5 Å². The van der Waals surface area contributed by atoms with E-state index in [2.05, 4.69) is 5.32 Å². The fourth-order valence-electron chi connectivity index (χ4n) is 2.48. The maximum Gasteiger partial charge on any atom is 0.269 e. The average molecular weight is 355 g/mol. The third-order valence-corrected chi connectivity index (χ3v) is 5.19. The molecule has 3 rings (SSSR count). The van der Waals surface area contributed by atoms with E-state index in [4.69, 9.17) is 18.0 Å². The summed E-state index contributed by atoms with van der Waals surface area (Å²) in [6.45, 7) is 3.93. The molecule has 0 bridgehead atoms. The quantitative estimate of drug-likeness (QED) is 0.668. The van der Waals surface area contributed by atoms with Gasteiger partial charge in [-0.3, -0.25) is 9.36 Å². The second kappa shape index (κ2) is 6.59. The minimum Gasteiger partial charge on any atom is -0.383 e. The summed E-state index contributed by atoms with van der Waals surface area (Å²) < 4.78 is 2.30. The third-order valence-electron chi connectivity index (χ3n) is 3.80. The Bertz CT molecular complexity index is 972. The topological polar surface area (TPSA) is 60.0 Å². The number of rotatable bonds is 3. The Kier molecular flexibility index (Phi) is 4.51. The normalized spacial score (nSPS) is 10.6. The number of nitrogen functional groups attached to an aromatic ring is 1. The van der Waals surface area contributed by atoms with Crippen LogP contribution in [0.1, 0.15) is 20.8 Å². The van der Waals surface area contributed by atoms with E-state index < -0.39 is 0 Å². The Morgan fingerprint density at radius 1 is 1.08 bits per heavy atom. The summed E-state index contributed by atoms with van der Waals surface area (Å²) in [5, 5.41) is 2.91. The van der Waals surface area contributed by atoms with Crippen LogP contribution in [0.4, 0.5) is 11.5 Å². The van der Waals surface area contributed by atoms with Gasteiger partial charge >= 0.3 is 0 Å². The predicted molar refractivity (Wildman–Crippen MR) is 103 cm³/mol. The number of hydrogen-bond acceptors (Lipinski definition) is 4. The maximum absolute atomic E-state index is 12.6. The summed E-state index contributed by atoms with van der Waals surface area (Å²) in [5.74, 6) is 0.121. The SMILES string of the molecule is Cc1ccccc1NC(=O)c1sc(=S)n(-c2ccccc2C)c1N. The Labute approximate surface area is 149 Å². The number of carbonyl (C=O) groups is 1. The molecule has 0 saturated carbocycles. The number of carbonyl (C=O) groups excluding carboxylic acids is 1. The van der Waals surface area contributed by atoms with Crippen molar-refractivity contribution in [1.82, 2.24) is 4.57 Å². The van der Waals surface area contributed by atoms with Gasteiger partial charge in [-0.1, -0.05) is 47.7 Å². The summed E-state index contributed by atoms with van der Waals surface area (Å²) in [6.07, 6.45) is 0. The molecule has 1 amide bonds. The second-order valence-electron chi connectivity index (χ2n) is 5.47. The van der Waals surface area contributed by atoms with Crippen molar-refractivity contribution in [1.29, 1.82) is 0 Å². The summed E-state index contributed by atoms with van der Waals surface area (Å²) in [5.41, 5.74) is 9.94. The lowest BCUT2D eigenvalue weighted by atomic mass is 10.2. The van der Waals surface area contributed by atoms with Gasteiger partial charge in [-0.05, 0) is 49.3 Å². The van der Waals surface area contributed by atoms with Gasteiger partial charge in [0.25, 0.3) is 5.91 Å². The first-order chi connectivity index (χ1) is 11.5. The molecule has 0 aliphatic heterocycles. The highest BCUT2D eigenvalue weighted by Crippen LogP contribution is 2.28. The summed E-state index contributed by atoms with van der Waals surface area (Å²) in [6, 6.07) is 15.4. The van der Waals surface area contributed by atoms with Crippen molar-refractivity contribution in [3.05, 3.63) is 68.5 Å². The lowest BCUT2D eigenvalue weighted by Crippen LogP contribution is -2.14. The summed E-state index contributed by atoms with van der Waals surface area (Å²) >= 11 is 6.65. The largest absolute Gasteiger partial charge is 0.383 e. The fourth-order valence-corrected chi connectivity index (χ4v) is 3.73. The number of para-hydroxylation sites is 2. The van der Waals surface area contributed by atoms with Crippen molar-refractivity contribution < 1.29 is 4.79 Å². The number of anilines is 2. The molecule has 0 fully saturated rings. The van der Waals surface area contributed by atoms with Crippen molar-refractivity contribution in [3.63, 3.8) is 0 Å². The Morgan fingerprint density at radius 2 is 1.71 bits per heavy atom. The first-order valence-electron chi connectivity index (χ1n) is 7.43. The van der Waals surface area contributed by atoms with Crippen molar-refractivity contribution in [3.8, 4) is 5.69 Å². The number of thiazole rings is 1. The van der Waals surface area contributed by atoms with E-state index in [-0.39, 0.29) is 5.91 Å². The molecule has 3 aromatic rings. The zero-order chi connectivity index (χ0) is 17.3.